The minimum atomic E-state index is -6.00. The van der Waals surface area contributed by atoms with Crippen LogP contribution in [0.25, 0.3) is 4.98 Å². The van der Waals surface area contributed by atoms with Gasteiger partial charge in [-0.25, -0.2) is 0 Å². The maximum atomic E-state index is 9.75. The monoisotopic (exact) mass is 348 g/mol. The number of methoxy groups -OCH3 is 1. The van der Waals surface area contributed by atoms with Crippen molar-refractivity contribution >= 4 is 35.5 Å². The second-order valence-corrected chi connectivity index (χ2v) is 3.57. The van der Waals surface area contributed by atoms with Crippen molar-refractivity contribution in [1.29, 1.82) is 5.39 Å². The van der Waals surface area contributed by atoms with Crippen molar-refractivity contribution in [3.8, 4) is 5.75 Å². The van der Waals surface area contributed by atoms with Crippen LogP contribution >= 0.6 is 22.6 Å². The van der Waals surface area contributed by atoms with Gasteiger partial charge in [0.2, 0.25) is 5.39 Å². The van der Waals surface area contributed by atoms with E-state index in [0.717, 1.165) is 3.57 Å². The van der Waals surface area contributed by atoms with Gasteiger partial charge in [-0.1, -0.05) is 0 Å². The summed E-state index contributed by atoms with van der Waals surface area (Å²) in [4.78, 5) is 3.09. The highest BCUT2D eigenvalue weighted by Crippen LogP contribution is 2.25. The van der Waals surface area contributed by atoms with Crippen molar-refractivity contribution in [3.63, 3.8) is 0 Å². The molecule has 0 radical (unpaired) electrons. The van der Waals surface area contributed by atoms with Crippen LogP contribution in [0.5, 0.6) is 5.75 Å². The molecule has 0 heterocycles. The second kappa shape index (κ2) is 6.52. The lowest BCUT2D eigenvalue weighted by molar-refractivity contribution is 0.368. The highest BCUT2D eigenvalue weighted by Gasteiger charge is 2.20. The Hall–Kier alpha value is -1.05. The van der Waals surface area contributed by atoms with Gasteiger partial charge in [-0.15, -0.1) is 0 Å². The number of hydrogen-bond acceptors (Lipinski definition) is 2. The van der Waals surface area contributed by atoms with Crippen LogP contribution in [0.3, 0.4) is 0 Å². The Morgan fingerprint density at radius 3 is 2.19 bits per heavy atom. The molecule has 3 nitrogen and oxygen atoms in total. The van der Waals surface area contributed by atoms with E-state index in [1.54, 1.807) is 13.2 Å². The molecule has 0 spiro atoms. The van der Waals surface area contributed by atoms with Crippen LogP contribution in [0, 0.1) is 8.96 Å². The third-order valence-electron chi connectivity index (χ3n) is 1.26. The molecule has 0 aliphatic carbocycles. The highest BCUT2D eigenvalue weighted by atomic mass is 127. The number of hydrogen-bond donors (Lipinski definition) is 0. The fraction of sp³-hybridized carbons (Fsp3) is 0.143. The average Bonchev–Trinajstić information content (AvgIpc) is 2.16. The first-order chi connectivity index (χ1) is 7.27. The van der Waals surface area contributed by atoms with E-state index in [1.807, 2.05) is 12.1 Å². The molecule has 0 aliphatic rings. The lowest BCUT2D eigenvalue weighted by atomic mass is 10.3. The Labute approximate surface area is 103 Å². The van der Waals surface area contributed by atoms with Crippen LogP contribution in [0.15, 0.2) is 18.2 Å². The quantitative estimate of drug-likeness (QED) is 0.332. The van der Waals surface area contributed by atoms with Gasteiger partial charge in [0, 0.05) is 0 Å². The molecule has 0 aromatic heterocycles. The number of rotatable bonds is 1. The Morgan fingerprint density at radius 1 is 1.31 bits per heavy atom. The molecule has 16 heavy (non-hydrogen) atoms. The maximum absolute atomic E-state index is 9.75. The van der Waals surface area contributed by atoms with E-state index >= 15 is 0 Å². The summed E-state index contributed by atoms with van der Waals surface area (Å²) in [7, 11) is -4.43. The number of diazo groups is 1. The molecule has 1 rings (SSSR count). The second-order valence-electron chi connectivity index (χ2n) is 2.41. The molecule has 1 aromatic rings. The molecule has 88 valence electrons. The zero-order chi connectivity index (χ0) is 12.8. The fourth-order valence-electron chi connectivity index (χ4n) is 0.696. The molecule has 0 fully saturated rings. The summed E-state index contributed by atoms with van der Waals surface area (Å²) < 4.78 is 44.8. The third kappa shape index (κ3) is 7.27. The standard InChI is InChI=1S/C7H6IN2O.BF4/c1-11-5-2-3-6(8)7(4-5)10-9;2-1(3,4)5/h2-4H,1H3;/q+1;-1. The van der Waals surface area contributed by atoms with Crippen molar-refractivity contribution in [3.05, 3.63) is 26.7 Å². The Balaban J connectivity index is 0.000000385. The SMILES string of the molecule is COc1ccc(I)c([N+]#N)c1.F[B-](F)(F)F. The minimum Gasteiger partial charge on any atom is -0.496 e. The van der Waals surface area contributed by atoms with E-state index in [-0.39, 0.29) is 0 Å². The Morgan fingerprint density at radius 2 is 1.81 bits per heavy atom. The van der Waals surface area contributed by atoms with Crippen LogP contribution in [-0.2, 0) is 0 Å². The van der Waals surface area contributed by atoms with Crippen molar-refractivity contribution in [1.82, 2.24) is 0 Å². The zero-order valence-corrected chi connectivity index (χ0v) is 10.2. The van der Waals surface area contributed by atoms with Crippen LogP contribution in [-0.4, -0.2) is 14.4 Å². The molecule has 1 aromatic carbocycles. The normalized spacial score (nSPS) is 9.81. The van der Waals surface area contributed by atoms with E-state index in [1.165, 1.54) is 0 Å². The predicted octanol–water partition coefficient (Wildman–Crippen LogP) is 4.08. The molecule has 0 aliphatic heterocycles. The zero-order valence-electron chi connectivity index (χ0n) is 8.00. The Bertz CT molecular complexity index is 387. The van der Waals surface area contributed by atoms with Gasteiger partial charge in [-0.3, -0.25) is 0 Å². The van der Waals surface area contributed by atoms with Crippen molar-refractivity contribution in [2.45, 2.75) is 0 Å². The van der Waals surface area contributed by atoms with Crippen LogP contribution < -0.4 is 4.74 Å². The third-order valence-corrected chi connectivity index (χ3v) is 2.17. The largest absolute Gasteiger partial charge is 0.673 e. The van der Waals surface area contributed by atoms with E-state index < -0.39 is 7.25 Å². The Kier molecular flexibility index (Phi) is 6.09. The maximum Gasteiger partial charge on any atom is 0.673 e. The summed E-state index contributed by atoms with van der Waals surface area (Å²) in [6.45, 7) is 0. The molecular weight excluding hydrogens is 342 g/mol. The lowest BCUT2D eigenvalue weighted by Crippen LogP contribution is -2.02. The van der Waals surface area contributed by atoms with Gasteiger partial charge >= 0.3 is 12.9 Å². The van der Waals surface area contributed by atoms with E-state index in [0.29, 0.717) is 11.4 Å². The van der Waals surface area contributed by atoms with Crippen molar-refractivity contribution < 1.29 is 22.0 Å². The molecular formula is C7H6BF4IN2O. The summed E-state index contributed by atoms with van der Waals surface area (Å²) in [5.74, 6) is 0.693. The molecule has 0 saturated heterocycles. The van der Waals surface area contributed by atoms with Crippen LogP contribution in [0.2, 0.25) is 0 Å². The van der Waals surface area contributed by atoms with Crippen molar-refractivity contribution in [2.75, 3.05) is 7.11 Å². The first-order valence-corrected chi connectivity index (χ1v) is 4.91. The number of ether oxygens (including phenoxy) is 1. The smallest absolute Gasteiger partial charge is 0.496 e. The van der Waals surface area contributed by atoms with Gasteiger partial charge in [-0.2, -0.15) is 0 Å². The molecule has 0 unspecified atom stereocenters. The number of halogens is 5. The first-order valence-electron chi connectivity index (χ1n) is 3.84. The topological polar surface area (TPSA) is 37.4 Å². The molecule has 0 saturated carbocycles. The lowest BCUT2D eigenvalue weighted by Gasteiger charge is -1.94. The minimum absolute atomic E-state index is 0.532. The predicted molar refractivity (Wildman–Crippen MR) is 60.6 cm³/mol. The molecule has 0 bridgehead atoms. The van der Waals surface area contributed by atoms with E-state index in [4.69, 9.17) is 10.1 Å². The molecule has 0 amide bonds. The summed E-state index contributed by atoms with van der Waals surface area (Å²) in [5.41, 5.74) is 0.532. The van der Waals surface area contributed by atoms with Gasteiger partial charge in [0.15, 0.2) is 4.98 Å². The summed E-state index contributed by atoms with van der Waals surface area (Å²) in [5, 5.41) is 8.50. The summed E-state index contributed by atoms with van der Waals surface area (Å²) >= 11 is 2.08. The highest BCUT2D eigenvalue weighted by molar-refractivity contribution is 14.1. The number of nitrogens with zero attached hydrogens (tertiary/aromatic N) is 2. The summed E-state index contributed by atoms with van der Waals surface area (Å²) in [6, 6.07) is 5.31. The molecule has 9 heteroatoms. The van der Waals surface area contributed by atoms with Crippen LogP contribution in [0.4, 0.5) is 23.0 Å². The number of benzene rings is 1. The fourth-order valence-corrected chi connectivity index (χ4v) is 1.14. The van der Waals surface area contributed by atoms with E-state index in [2.05, 4.69) is 27.6 Å². The summed E-state index contributed by atoms with van der Waals surface area (Å²) in [6.07, 6.45) is 0. The van der Waals surface area contributed by atoms with E-state index in [9.17, 15) is 17.3 Å². The van der Waals surface area contributed by atoms with Gasteiger partial charge in [0.1, 0.15) is 9.32 Å². The molecule has 0 atom stereocenters. The van der Waals surface area contributed by atoms with Gasteiger partial charge in [-0.05, 0) is 34.7 Å². The average molecular weight is 348 g/mol. The van der Waals surface area contributed by atoms with Gasteiger partial charge in [0.25, 0.3) is 0 Å². The van der Waals surface area contributed by atoms with Gasteiger partial charge in [0.05, 0.1) is 13.2 Å². The van der Waals surface area contributed by atoms with Crippen molar-refractivity contribution in [2.24, 2.45) is 0 Å². The first kappa shape index (κ1) is 15.0. The van der Waals surface area contributed by atoms with Gasteiger partial charge < -0.3 is 22.0 Å². The molecule has 0 N–H and O–H groups in total. The van der Waals surface area contributed by atoms with Crippen LogP contribution in [0.1, 0.15) is 0 Å².